The number of hydrogen-bond donors (Lipinski definition) is 2. The maximum atomic E-state index is 12.7. The Kier molecular flexibility index (Phi) is 6.85. The van der Waals surface area contributed by atoms with Crippen molar-refractivity contribution in [3.05, 3.63) is 64.1 Å². The highest BCUT2D eigenvalue weighted by molar-refractivity contribution is 6.36. The summed E-state index contributed by atoms with van der Waals surface area (Å²) in [6, 6.07) is 13.6. The third-order valence-electron chi connectivity index (χ3n) is 3.63. The Balaban J connectivity index is 2.17. The van der Waals surface area contributed by atoms with E-state index in [0.29, 0.717) is 22.2 Å². The molecule has 0 heterocycles. The van der Waals surface area contributed by atoms with Crippen LogP contribution in [0, 0.1) is 5.92 Å². The third-order valence-corrected chi connectivity index (χ3v) is 4.18. The largest absolute Gasteiger partial charge is 0.344 e. The Morgan fingerprint density at radius 3 is 2.28 bits per heavy atom. The van der Waals surface area contributed by atoms with Crippen LogP contribution < -0.4 is 10.6 Å². The van der Waals surface area contributed by atoms with Crippen molar-refractivity contribution in [2.75, 3.05) is 5.32 Å². The van der Waals surface area contributed by atoms with Gasteiger partial charge in [0.2, 0.25) is 11.8 Å². The van der Waals surface area contributed by atoms with E-state index >= 15 is 0 Å². The molecule has 0 saturated carbocycles. The van der Waals surface area contributed by atoms with Gasteiger partial charge < -0.3 is 10.6 Å². The van der Waals surface area contributed by atoms with Gasteiger partial charge in [0.25, 0.3) is 0 Å². The first-order valence-corrected chi connectivity index (χ1v) is 8.72. The summed E-state index contributed by atoms with van der Waals surface area (Å²) < 4.78 is 0. The smallest absolute Gasteiger partial charge is 0.247 e. The molecule has 0 bridgehead atoms. The Morgan fingerprint density at radius 1 is 1.00 bits per heavy atom. The number of nitrogens with one attached hydrogen (secondary N) is 2. The molecule has 0 spiro atoms. The molecule has 0 fully saturated rings. The number of amides is 2. The van der Waals surface area contributed by atoms with E-state index in [-0.39, 0.29) is 17.7 Å². The third kappa shape index (κ3) is 5.76. The van der Waals surface area contributed by atoms with Crippen LogP contribution in [-0.2, 0) is 16.0 Å². The van der Waals surface area contributed by atoms with E-state index in [4.69, 9.17) is 23.2 Å². The maximum Gasteiger partial charge on any atom is 0.247 e. The molecule has 1 atom stereocenters. The molecule has 4 nitrogen and oxygen atoms in total. The molecule has 0 aliphatic heterocycles. The van der Waals surface area contributed by atoms with Crippen molar-refractivity contribution in [3.8, 4) is 0 Å². The summed E-state index contributed by atoms with van der Waals surface area (Å²) in [5, 5.41) is 6.38. The van der Waals surface area contributed by atoms with Crippen molar-refractivity contribution in [1.29, 1.82) is 0 Å². The fourth-order valence-electron chi connectivity index (χ4n) is 2.21. The standard InChI is InChI=1S/C19H20Cl2N2O2/c1-12(2)18(24)23-17(10-13-6-4-3-5-7-13)19(25)22-16-9-8-14(20)11-15(16)21/h3-9,11-12,17H,10H2,1-2H3,(H,22,25)(H,23,24). The second-order valence-corrected chi connectivity index (χ2v) is 6.86. The number of benzene rings is 2. The second kappa shape index (κ2) is 8.88. The monoisotopic (exact) mass is 378 g/mol. The van der Waals surface area contributed by atoms with Crippen molar-refractivity contribution >= 4 is 40.7 Å². The summed E-state index contributed by atoms with van der Waals surface area (Å²) >= 11 is 12.0. The van der Waals surface area contributed by atoms with Crippen molar-refractivity contribution in [2.45, 2.75) is 26.3 Å². The first kappa shape index (κ1) is 19.3. The van der Waals surface area contributed by atoms with E-state index in [1.807, 2.05) is 30.3 Å². The second-order valence-electron chi connectivity index (χ2n) is 6.02. The SMILES string of the molecule is CC(C)C(=O)NC(Cc1ccccc1)C(=O)Nc1ccc(Cl)cc1Cl. The Hall–Kier alpha value is -2.04. The van der Waals surface area contributed by atoms with E-state index in [2.05, 4.69) is 10.6 Å². The Labute approximate surface area is 157 Å². The first-order chi connectivity index (χ1) is 11.9. The molecule has 2 aromatic carbocycles. The molecular formula is C19H20Cl2N2O2. The number of carbonyl (C=O) groups is 2. The molecule has 6 heteroatoms. The van der Waals surface area contributed by atoms with Crippen LogP contribution in [0.1, 0.15) is 19.4 Å². The molecule has 0 aliphatic carbocycles. The van der Waals surface area contributed by atoms with Crippen LogP contribution in [0.2, 0.25) is 10.0 Å². The fourth-order valence-corrected chi connectivity index (χ4v) is 2.66. The van der Waals surface area contributed by atoms with Gasteiger partial charge in [-0.2, -0.15) is 0 Å². The average Bonchev–Trinajstić information content (AvgIpc) is 2.57. The Bertz CT molecular complexity index is 748. The zero-order valence-electron chi connectivity index (χ0n) is 14.1. The van der Waals surface area contributed by atoms with Crippen LogP contribution in [0.3, 0.4) is 0 Å². The van der Waals surface area contributed by atoms with Gasteiger partial charge in [-0.3, -0.25) is 9.59 Å². The lowest BCUT2D eigenvalue weighted by Gasteiger charge is -2.20. The molecular weight excluding hydrogens is 359 g/mol. The predicted octanol–water partition coefficient (Wildman–Crippen LogP) is 4.32. The van der Waals surface area contributed by atoms with Crippen LogP contribution in [-0.4, -0.2) is 17.9 Å². The van der Waals surface area contributed by atoms with Crippen molar-refractivity contribution in [3.63, 3.8) is 0 Å². The highest BCUT2D eigenvalue weighted by Crippen LogP contribution is 2.25. The Morgan fingerprint density at radius 2 is 1.68 bits per heavy atom. The van der Waals surface area contributed by atoms with Gasteiger partial charge in [0.15, 0.2) is 0 Å². The van der Waals surface area contributed by atoms with Gasteiger partial charge in [0.05, 0.1) is 10.7 Å². The van der Waals surface area contributed by atoms with E-state index < -0.39 is 6.04 Å². The van der Waals surface area contributed by atoms with E-state index in [0.717, 1.165) is 5.56 Å². The van der Waals surface area contributed by atoms with Crippen LogP contribution in [0.25, 0.3) is 0 Å². The summed E-state index contributed by atoms with van der Waals surface area (Å²) in [6.07, 6.45) is 0.385. The minimum Gasteiger partial charge on any atom is -0.344 e. The number of hydrogen-bond acceptors (Lipinski definition) is 2. The number of halogens is 2. The number of anilines is 1. The van der Waals surface area contributed by atoms with Gasteiger partial charge in [-0.15, -0.1) is 0 Å². The predicted molar refractivity (Wildman–Crippen MR) is 102 cm³/mol. The number of carbonyl (C=O) groups excluding carboxylic acids is 2. The lowest BCUT2D eigenvalue weighted by molar-refractivity contribution is -0.128. The van der Waals surface area contributed by atoms with Crippen LogP contribution >= 0.6 is 23.2 Å². The highest BCUT2D eigenvalue weighted by Gasteiger charge is 2.23. The van der Waals surface area contributed by atoms with Crippen LogP contribution in [0.4, 0.5) is 5.69 Å². The van der Waals surface area contributed by atoms with Gasteiger partial charge >= 0.3 is 0 Å². The van der Waals surface area contributed by atoms with E-state index in [1.165, 1.54) is 0 Å². The van der Waals surface area contributed by atoms with Crippen LogP contribution in [0.5, 0.6) is 0 Å². The van der Waals surface area contributed by atoms with Gasteiger partial charge in [-0.1, -0.05) is 67.4 Å². The zero-order valence-corrected chi connectivity index (χ0v) is 15.6. The van der Waals surface area contributed by atoms with Gasteiger partial charge in [-0.05, 0) is 23.8 Å². The molecule has 0 aromatic heterocycles. The van der Waals surface area contributed by atoms with Gasteiger partial charge in [-0.25, -0.2) is 0 Å². The summed E-state index contributed by atoms with van der Waals surface area (Å²) in [5.41, 5.74) is 1.40. The van der Waals surface area contributed by atoms with E-state index in [9.17, 15) is 9.59 Å². The minimum absolute atomic E-state index is 0.182. The molecule has 0 aliphatic rings. The highest BCUT2D eigenvalue weighted by atomic mass is 35.5. The van der Waals surface area contributed by atoms with Gasteiger partial charge in [0, 0.05) is 17.4 Å². The van der Waals surface area contributed by atoms with Crippen molar-refractivity contribution in [2.24, 2.45) is 5.92 Å². The molecule has 2 amide bonds. The molecule has 2 aromatic rings. The molecule has 2 N–H and O–H groups in total. The average molecular weight is 379 g/mol. The maximum absolute atomic E-state index is 12.7. The van der Waals surface area contributed by atoms with Crippen LogP contribution in [0.15, 0.2) is 48.5 Å². The molecule has 25 heavy (non-hydrogen) atoms. The summed E-state index contributed by atoms with van der Waals surface area (Å²) in [5.74, 6) is -0.731. The first-order valence-electron chi connectivity index (χ1n) is 7.97. The minimum atomic E-state index is -0.705. The summed E-state index contributed by atoms with van der Waals surface area (Å²) in [6.45, 7) is 3.56. The zero-order chi connectivity index (χ0) is 18.4. The lowest BCUT2D eigenvalue weighted by Crippen LogP contribution is -2.46. The molecule has 0 radical (unpaired) electrons. The molecule has 1 unspecified atom stereocenters. The van der Waals surface area contributed by atoms with E-state index in [1.54, 1.807) is 32.0 Å². The topological polar surface area (TPSA) is 58.2 Å². The molecule has 2 rings (SSSR count). The number of rotatable bonds is 6. The molecule has 0 saturated heterocycles. The van der Waals surface area contributed by atoms with Gasteiger partial charge in [0.1, 0.15) is 6.04 Å². The fraction of sp³-hybridized carbons (Fsp3) is 0.263. The quantitative estimate of drug-likeness (QED) is 0.786. The molecule has 132 valence electrons. The van der Waals surface area contributed by atoms with Crippen molar-refractivity contribution < 1.29 is 9.59 Å². The lowest BCUT2D eigenvalue weighted by atomic mass is 10.0. The summed E-state index contributed by atoms with van der Waals surface area (Å²) in [7, 11) is 0. The van der Waals surface area contributed by atoms with Crippen molar-refractivity contribution in [1.82, 2.24) is 5.32 Å². The normalized spacial score (nSPS) is 11.9. The summed E-state index contributed by atoms with van der Waals surface area (Å²) in [4.78, 5) is 24.8.